The number of hydrogen-bond acceptors (Lipinski definition) is 2. The molecule has 0 bridgehead atoms. The number of rotatable bonds is 4. The third-order valence-corrected chi connectivity index (χ3v) is 1.72. The quantitative estimate of drug-likeness (QED) is 0.687. The Kier molecular flexibility index (Phi) is 4.24. The number of hydrogen-bond donors (Lipinski definition) is 1. The van der Waals surface area contributed by atoms with Gasteiger partial charge in [-0.15, -0.1) is 0 Å². The molecule has 0 aromatic carbocycles. The maximum Gasteiger partial charge on any atom is 0.224 e. The standard InChI is InChI=1S/C9H20N2O/c1-5-11(6-2)8(12)7-9(3,4)10/h5-7,10H2,1-4H3. The van der Waals surface area contributed by atoms with Crippen molar-refractivity contribution in [1.29, 1.82) is 0 Å². The summed E-state index contributed by atoms with van der Waals surface area (Å²) in [7, 11) is 0. The second-order valence-corrected chi connectivity index (χ2v) is 3.73. The largest absolute Gasteiger partial charge is 0.343 e. The highest BCUT2D eigenvalue weighted by molar-refractivity contribution is 5.77. The van der Waals surface area contributed by atoms with Crippen LogP contribution < -0.4 is 5.73 Å². The predicted octanol–water partition coefficient (Wildman–Crippen LogP) is 0.982. The molecule has 72 valence electrons. The first kappa shape index (κ1) is 11.4. The summed E-state index contributed by atoms with van der Waals surface area (Å²) in [4.78, 5) is 13.3. The number of amides is 1. The molecule has 12 heavy (non-hydrogen) atoms. The van der Waals surface area contributed by atoms with Gasteiger partial charge in [0.05, 0.1) is 0 Å². The third-order valence-electron chi connectivity index (χ3n) is 1.72. The molecule has 0 saturated heterocycles. The fourth-order valence-corrected chi connectivity index (χ4v) is 1.08. The highest BCUT2D eigenvalue weighted by Crippen LogP contribution is 2.06. The molecule has 3 nitrogen and oxygen atoms in total. The lowest BCUT2D eigenvalue weighted by Gasteiger charge is -2.24. The summed E-state index contributed by atoms with van der Waals surface area (Å²) in [5.41, 5.74) is 5.35. The summed E-state index contributed by atoms with van der Waals surface area (Å²) >= 11 is 0. The topological polar surface area (TPSA) is 46.3 Å². The van der Waals surface area contributed by atoms with Crippen LogP contribution in [0.15, 0.2) is 0 Å². The van der Waals surface area contributed by atoms with Gasteiger partial charge >= 0.3 is 0 Å². The van der Waals surface area contributed by atoms with Crippen molar-refractivity contribution in [2.75, 3.05) is 13.1 Å². The summed E-state index contributed by atoms with van der Waals surface area (Å²) in [5.74, 6) is 0.146. The maximum atomic E-state index is 11.5. The van der Waals surface area contributed by atoms with Crippen LogP contribution in [-0.4, -0.2) is 29.4 Å². The van der Waals surface area contributed by atoms with Crippen LogP contribution in [0, 0.1) is 0 Å². The van der Waals surface area contributed by atoms with Gasteiger partial charge in [0.2, 0.25) is 5.91 Å². The Hall–Kier alpha value is -0.570. The summed E-state index contributed by atoms with van der Waals surface area (Å²) in [5, 5.41) is 0. The van der Waals surface area contributed by atoms with E-state index >= 15 is 0 Å². The van der Waals surface area contributed by atoms with Crippen LogP contribution in [0.4, 0.5) is 0 Å². The van der Waals surface area contributed by atoms with Crippen LogP contribution in [-0.2, 0) is 4.79 Å². The van der Waals surface area contributed by atoms with Gasteiger partial charge in [-0.3, -0.25) is 4.79 Å². The first-order valence-corrected chi connectivity index (χ1v) is 4.47. The fourth-order valence-electron chi connectivity index (χ4n) is 1.08. The molecule has 0 fully saturated rings. The van der Waals surface area contributed by atoms with E-state index in [0.717, 1.165) is 13.1 Å². The van der Waals surface area contributed by atoms with Crippen LogP contribution >= 0.6 is 0 Å². The SMILES string of the molecule is CCN(CC)C(=O)CC(C)(C)N. The van der Waals surface area contributed by atoms with Crippen LogP contribution in [0.1, 0.15) is 34.1 Å². The Labute approximate surface area is 74.9 Å². The van der Waals surface area contributed by atoms with E-state index in [1.165, 1.54) is 0 Å². The van der Waals surface area contributed by atoms with Gasteiger partial charge in [-0.2, -0.15) is 0 Å². The smallest absolute Gasteiger partial charge is 0.224 e. The monoisotopic (exact) mass is 172 g/mol. The second kappa shape index (κ2) is 4.45. The van der Waals surface area contributed by atoms with Gasteiger partial charge in [-0.25, -0.2) is 0 Å². The molecule has 0 spiro atoms. The van der Waals surface area contributed by atoms with E-state index in [4.69, 9.17) is 5.73 Å². The molecule has 0 aliphatic carbocycles. The van der Waals surface area contributed by atoms with Gasteiger partial charge < -0.3 is 10.6 Å². The summed E-state index contributed by atoms with van der Waals surface area (Å²) in [6, 6.07) is 0. The molecule has 0 unspecified atom stereocenters. The zero-order valence-corrected chi connectivity index (χ0v) is 8.55. The average molecular weight is 172 g/mol. The van der Waals surface area contributed by atoms with Crippen molar-refractivity contribution in [1.82, 2.24) is 4.90 Å². The number of carbonyl (C=O) groups is 1. The van der Waals surface area contributed by atoms with Crippen molar-refractivity contribution in [2.45, 2.75) is 39.7 Å². The Bertz CT molecular complexity index is 145. The molecule has 0 aliphatic heterocycles. The molecule has 0 radical (unpaired) electrons. The molecule has 0 atom stereocenters. The van der Waals surface area contributed by atoms with E-state index in [2.05, 4.69) is 0 Å². The van der Waals surface area contributed by atoms with Crippen molar-refractivity contribution in [3.05, 3.63) is 0 Å². The zero-order valence-electron chi connectivity index (χ0n) is 8.55. The lowest BCUT2D eigenvalue weighted by atomic mass is 10.0. The van der Waals surface area contributed by atoms with Gasteiger partial charge in [0.1, 0.15) is 0 Å². The van der Waals surface area contributed by atoms with Crippen LogP contribution in [0.5, 0.6) is 0 Å². The summed E-state index contributed by atoms with van der Waals surface area (Å²) < 4.78 is 0. The highest BCUT2D eigenvalue weighted by Gasteiger charge is 2.19. The highest BCUT2D eigenvalue weighted by atomic mass is 16.2. The predicted molar refractivity (Wildman–Crippen MR) is 50.8 cm³/mol. The van der Waals surface area contributed by atoms with E-state index in [-0.39, 0.29) is 11.4 Å². The van der Waals surface area contributed by atoms with E-state index in [1.807, 2.05) is 27.7 Å². The molecule has 0 rings (SSSR count). The van der Waals surface area contributed by atoms with E-state index < -0.39 is 0 Å². The Morgan fingerprint density at radius 2 is 1.75 bits per heavy atom. The fraction of sp³-hybridized carbons (Fsp3) is 0.889. The minimum atomic E-state index is -0.389. The average Bonchev–Trinajstić information content (AvgIpc) is 1.85. The normalized spacial score (nSPS) is 11.4. The molecule has 2 N–H and O–H groups in total. The minimum Gasteiger partial charge on any atom is -0.343 e. The Morgan fingerprint density at radius 1 is 1.33 bits per heavy atom. The van der Waals surface area contributed by atoms with Crippen molar-refractivity contribution in [3.63, 3.8) is 0 Å². The first-order chi connectivity index (χ1) is 5.40. The second-order valence-electron chi connectivity index (χ2n) is 3.73. The minimum absolute atomic E-state index is 0.146. The molecule has 1 amide bonds. The molecule has 0 saturated carbocycles. The molecule has 0 aliphatic rings. The summed E-state index contributed by atoms with van der Waals surface area (Å²) in [6.07, 6.45) is 0.425. The van der Waals surface area contributed by atoms with Gasteiger partial charge in [-0.1, -0.05) is 0 Å². The first-order valence-electron chi connectivity index (χ1n) is 4.47. The van der Waals surface area contributed by atoms with Crippen LogP contribution in [0.2, 0.25) is 0 Å². The third kappa shape index (κ3) is 4.34. The Balaban J connectivity index is 4.02. The number of nitrogens with zero attached hydrogens (tertiary/aromatic N) is 1. The van der Waals surface area contributed by atoms with Gasteiger partial charge in [0, 0.05) is 25.0 Å². The van der Waals surface area contributed by atoms with E-state index in [1.54, 1.807) is 4.90 Å². The number of nitrogens with two attached hydrogens (primary N) is 1. The van der Waals surface area contributed by atoms with Crippen molar-refractivity contribution >= 4 is 5.91 Å². The lowest BCUT2D eigenvalue weighted by molar-refractivity contribution is -0.131. The van der Waals surface area contributed by atoms with Gasteiger partial charge in [-0.05, 0) is 27.7 Å². The molecule has 0 heterocycles. The van der Waals surface area contributed by atoms with E-state index in [9.17, 15) is 4.79 Å². The van der Waals surface area contributed by atoms with Crippen molar-refractivity contribution < 1.29 is 4.79 Å². The van der Waals surface area contributed by atoms with E-state index in [0.29, 0.717) is 6.42 Å². The molecule has 3 heteroatoms. The van der Waals surface area contributed by atoms with Crippen molar-refractivity contribution in [3.8, 4) is 0 Å². The van der Waals surface area contributed by atoms with Crippen LogP contribution in [0.25, 0.3) is 0 Å². The molecule has 0 aromatic rings. The van der Waals surface area contributed by atoms with Gasteiger partial charge in [0.25, 0.3) is 0 Å². The molecular formula is C9H20N2O. The lowest BCUT2D eigenvalue weighted by Crippen LogP contribution is -2.41. The zero-order chi connectivity index (χ0) is 9.78. The summed E-state index contributed by atoms with van der Waals surface area (Å²) in [6.45, 7) is 9.23. The van der Waals surface area contributed by atoms with Gasteiger partial charge in [0.15, 0.2) is 0 Å². The molecule has 0 aromatic heterocycles. The molecular weight excluding hydrogens is 152 g/mol. The van der Waals surface area contributed by atoms with Crippen molar-refractivity contribution in [2.24, 2.45) is 5.73 Å². The number of carbonyl (C=O) groups excluding carboxylic acids is 1. The Morgan fingerprint density at radius 3 is 2.00 bits per heavy atom. The van der Waals surface area contributed by atoms with Crippen LogP contribution in [0.3, 0.4) is 0 Å². The maximum absolute atomic E-state index is 11.5.